The summed E-state index contributed by atoms with van der Waals surface area (Å²) in [5, 5.41) is 1.03. The average Bonchev–Trinajstić information content (AvgIpc) is 3.17. The molecule has 1 fully saturated rings. The van der Waals surface area contributed by atoms with Crippen molar-refractivity contribution >= 4 is 33.2 Å². The van der Waals surface area contributed by atoms with E-state index in [2.05, 4.69) is 4.98 Å². The van der Waals surface area contributed by atoms with Gasteiger partial charge in [-0.25, -0.2) is 0 Å². The van der Waals surface area contributed by atoms with E-state index < -0.39 is 0 Å². The van der Waals surface area contributed by atoms with Crippen LogP contribution in [-0.4, -0.2) is 59.9 Å². The first kappa shape index (κ1) is 20.5. The lowest BCUT2D eigenvalue weighted by atomic mass is 10.0. The highest BCUT2D eigenvalue weighted by molar-refractivity contribution is 7.21. The zero-order valence-corrected chi connectivity index (χ0v) is 18.0. The number of aromatic nitrogens is 1. The average molecular weight is 424 g/mol. The van der Waals surface area contributed by atoms with Gasteiger partial charge in [0.05, 0.1) is 18.0 Å². The molecule has 0 radical (unpaired) electrons. The van der Waals surface area contributed by atoms with Crippen LogP contribution in [0.5, 0.6) is 0 Å². The minimum absolute atomic E-state index is 0.0225. The van der Waals surface area contributed by atoms with E-state index in [1.54, 1.807) is 22.9 Å². The fraction of sp³-hybridized carbons (Fsp3) is 0.348. The van der Waals surface area contributed by atoms with Crippen molar-refractivity contribution in [1.82, 2.24) is 14.8 Å². The predicted molar refractivity (Wildman–Crippen MR) is 118 cm³/mol. The van der Waals surface area contributed by atoms with E-state index in [1.807, 2.05) is 49.5 Å². The standard InChI is InChI=1S/C23H25N3O3S/c1-16(27)26-13-14-29-19(15-26)21-18-8-3-4-9-20(18)30-22(21)23(28)25(2)12-10-17-7-5-6-11-24-17/h3-9,11,19H,10,12-15H2,1-2H3/t19-/m1/s1. The Balaban J connectivity index is 1.62. The lowest BCUT2D eigenvalue weighted by Crippen LogP contribution is -2.41. The molecule has 156 valence electrons. The molecule has 1 aliphatic heterocycles. The van der Waals surface area contributed by atoms with E-state index in [0.29, 0.717) is 37.5 Å². The molecule has 0 aliphatic carbocycles. The van der Waals surface area contributed by atoms with Gasteiger partial charge in [0.15, 0.2) is 0 Å². The largest absolute Gasteiger partial charge is 0.370 e. The summed E-state index contributed by atoms with van der Waals surface area (Å²) in [6.07, 6.45) is 2.16. The summed E-state index contributed by atoms with van der Waals surface area (Å²) < 4.78 is 7.10. The van der Waals surface area contributed by atoms with Crippen molar-refractivity contribution in [3.63, 3.8) is 0 Å². The van der Waals surface area contributed by atoms with Crippen LogP contribution in [0.4, 0.5) is 0 Å². The monoisotopic (exact) mass is 423 g/mol. The first-order valence-electron chi connectivity index (χ1n) is 10.1. The number of hydrogen-bond donors (Lipinski definition) is 0. The maximum Gasteiger partial charge on any atom is 0.264 e. The molecule has 4 rings (SSSR count). The summed E-state index contributed by atoms with van der Waals surface area (Å²) in [5.74, 6) is 0.00821. The number of morpholine rings is 1. The Morgan fingerprint density at radius 1 is 1.23 bits per heavy atom. The van der Waals surface area contributed by atoms with Crippen LogP contribution in [0.3, 0.4) is 0 Å². The van der Waals surface area contributed by atoms with Crippen molar-refractivity contribution in [1.29, 1.82) is 0 Å². The van der Waals surface area contributed by atoms with Crippen LogP contribution in [0.25, 0.3) is 10.1 Å². The molecule has 0 spiro atoms. The van der Waals surface area contributed by atoms with E-state index in [9.17, 15) is 9.59 Å². The summed E-state index contributed by atoms with van der Waals surface area (Å²) >= 11 is 1.49. The third-order valence-electron chi connectivity index (χ3n) is 5.44. The molecule has 1 aromatic carbocycles. The Labute approximate surface area is 180 Å². The number of benzene rings is 1. The number of pyridine rings is 1. The number of thiophene rings is 1. The second-order valence-corrected chi connectivity index (χ2v) is 8.52. The van der Waals surface area contributed by atoms with E-state index in [4.69, 9.17) is 4.74 Å². The highest BCUT2D eigenvalue weighted by atomic mass is 32.1. The lowest BCUT2D eigenvalue weighted by Gasteiger charge is -2.33. The van der Waals surface area contributed by atoms with Gasteiger partial charge >= 0.3 is 0 Å². The first-order valence-corrected chi connectivity index (χ1v) is 10.9. The molecule has 2 aromatic heterocycles. The summed E-state index contributed by atoms with van der Waals surface area (Å²) in [5.41, 5.74) is 1.86. The molecule has 3 aromatic rings. The second-order valence-electron chi connectivity index (χ2n) is 7.46. The van der Waals surface area contributed by atoms with Crippen LogP contribution in [0.15, 0.2) is 48.7 Å². The Morgan fingerprint density at radius 3 is 2.80 bits per heavy atom. The van der Waals surface area contributed by atoms with Crippen LogP contribution < -0.4 is 0 Å². The molecule has 0 saturated carbocycles. The van der Waals surface area contributed by atoms with Gasteiger partial charge in [-0.05, 0) is 23.6 Å². The molecule has 2 amide bonds. The third kappa shape index (κ3) is 4.22. The van der Waals surface area contributed by atoms with Gasteiger partial charge in [0.25, 0.3) is 5.91 Å². The number of amides is 2. The highest BCUT2D eigenvalue weighted by Crippen LogP contribution is 2.38. The smallest absolute Gasteiger partial charge is 0.264 e. The van der Waals surface area contributed by atoms with E-state index in [0.717, 1.165) is 21.3 Å². The number of fused-ring (bicyclic) bond motifs is 1. The Kier molecular flexibility index (Phi) is 6.11. The van der Waals surface area contributed by atoms with Gasteiger partial charge in [0, 0.05) is 55.6 Å². The SMILES string of the molecule is CC(=O)N1CCO[C@@H](c2c(C(=O)N(C)CCc3ccccn3)sc3ccccc23)C1. The lowest BCUT2D eigenvalue weighted by molar-refractivity contribution is -0.136. The van der Waals surface area contributed by atoms with Gasteiger partial charge in [-0.3, -0.25) is 14.6 Å². The number of likely N-dealkylation sites (N-methyl/N-ethyl adjacent to an activating group) is 1. The van der Waals surface area contributed by atoms with E-state index in [1.165, 1.54) is 11.3 Å². The number of hydrogen-bond acceptors (Lipinski definition) is 5. The van der Waals surface area contributed by atoms with Gasteiger partial charge < -0.3 is 14.5 Å². The Morgan fingerprint density at radius 2 is 2.03 bits per heavy atom. The van der Waals surface area contributed by atoms with Crippen molar-refractivity contribution in [2.75, 3.05) is 33.3 Å². The highest BCUT2D eigenvalue weighted by Gasteiger charge is 2.31. The van der Waals surface area contributed by atoms with Crippen LogP contribution in [-0.2, 0) is 16.0 Å². The van der Waals surface area contributed by atoms with Gasteiger partial charge in [-0.15, -0.1) is 11.3 Å². The molecule has 1 aliphatic rings. The van der Waals surface area contributed by atoms with E-state index >= 15 is 0 Å². The van der Waals surface area contributed by atoms with Crippen molar-refractivity contribution in [2.24, 2.45) is 0 Å². The molecule has 7 heteroatoms. The summed E-state index contributed by atoms with van der Waals surface area (Å²) in [7, 11) is 1.82. The normalized spacial score (nSPS) is 16.6. The topological polar surface area (TPSA) is 62.7 Å². The molecule has 30 heavy (non-hydrogen) atoms. The first-order chi connectivity index (χ1) is 14.5. The van der Waals surface area contributed by atoms with Crippen LogP contribution in [0, 0.1) is 0 Å². The van der Waals surface area contributed by atoms with Crippen LogP contribution >= 0.6 is 11.3 Å². The molecule has 0 bridgehead atoms. The van der Waals surface area contributed by atoms with Crippen molar-refractivity contribution in [2.45, 2.75) is 19.4 Å². The van der Waals surface area contributed by atoms with Crippen molar-refractivity contribution < 1.29 is 14.3 Å². The molecule has 1 atom stereocenters. The fourth-order valence-electron chi connectivity index (χ4n) is 3.76. The number of nitrogens with zero attached hydrogens (tertiary/aromatic N) is 3. The zero-order chi connectivity index (χ0) is 21.1. The quantitative estimate of drug-likeness (QED) is 0.630. The van der Waals surface area contributed by atoms with Crippen molar-refractivity contribution in [3.05, 3.63) is 64.8 Å². The van der Waals surface area contributed by atoms with Crippen LogP contribution in [0.1, 0.15) is 34.0 Å². The molecular weight excluding hydrogens is 398 g/mol. The summed E-state index contributed by atoms with van der Waals surface area (Å²) in [6, 6.07) is 13.8. The Hall–Kier alpha value is -2.77. The maximum atomic E-state index is 13.4. The van der Waals surface area contributed by atoms with E-state index in [-0.39, 0.29) is 17.9 Å². The van der Waals surface area contributed by atoms with Gasteiger partial charge in [-0.1, -0.05) is 24.3 Å². The molecule has 6 nitrogen and oxygen atoms in total. The number of rotatable bonds is 5. The molecular formula is C23H25N3O3S. The number of carbonyl (C=O) groups excluding carboxylic acids is 2. The number of carbonyl (C=O) groups is 2. The van der Waals surface area contributed by atoms with Gasteiger partial charge in [0.1, 0.15) is 6.10 Å². The second kappa shape index (κ2) is 8.93. The summed E-state index contributed by atoms with van der Waals surface area (Å²) in [4.78, 5) is 33.9. The maximum absolute atomic E-state index is 13.4. The Bertz CT molecular complexity index is 1050. The summed E-state index contributed by atoms with van der Waals surface area (Å²) in [6.45, 7) is 3.67. The number of ether oxygens (including phenoxy) is 1. The molecule has 0 N–H and O–H groups in total. The third-order valence-corrected chi connectivity index (χ3v) is 6.61. The zero-order valence-electron chi connectivity index (χ0n) is 17.2. The van der Waals surface area contributed by atoms with Gasteiger partial charge in [0.2, 0.25) is 5.91 Å². The minimum atomic E-state index is -0.304. The van der Waals surface area contributed by atoms with Crippen molar-refractivity contribution in [3.8, 4) is 0 Å². The minimum Gasteiger partial charge on any atom is -0.370 e. The molecule has 1 saturated heterocycles. The fourth-order valence-corrected chi connectivity index (χ4v) is 5.01. The predicted octanol–water partition coefficient (Wildman–Crippen LogP) is 3.53. The molecule has 3 heterocycles. The van der Waals surface area contributed by atoms with Gasteiger partial charge in [-0.2, -0.15) is 0 Å². The molecule has 0 unspecified atom stereocenters. The van der Waals surface area contributed by atoms with Crippen LogP contribution in [0.2, 0.25) is 0 Å².